The molecule has 2 aliphatic heterocycles. The van der Waals surface area contributed by atoms with Crippen LogP contribution in [-0.2, 0) is 4.79 Å². The lowest BCUT2D eigenvalue weighted by Crippen LogP contribution is -2.51. The lowest BCUT2D eigenvalue weighted by atomic mass is 9.87. The van der Waals surface area contributed by atoms with Crippen molar-refractivity contribution in [3.8, 4) is 0 Å². The first-order valence-electron chi connectivity index (χ1n) is 10.3. The summed E-state index contributed by atoms with van der Waals surface area (Å²) in [5, 5.41) is 9.37. The Hall–Kier alpha value is -2.06. The van der Waals surface area contributed by atoms with Crippen molar-refractivity contribution in [2.45, 2.75) is 32.2 Å². The van der Waals surface area contributed by atoms with Crippen LogP contribution in [-0.4, -0.2) is 77.1 Å². The van der Waals surface area contributed by atoms with Crippen molar-refractivity contribution in [3.63, 3.8) is 0 Å². The molecule has 2 heterocycles. The number of hydrogen-bond acceptors (Lipinski definition) is 4. The van der Waals surface area contributed by atoms with Gasteiger partial charge in [-0.25, -0.2) is 13.2 Å². The lowest BCUT2D eigenvalue weighted by molar-refractivity contribution is -0.137. The topological polar surface area (TPSA) is 47.0 Å². The molecule has 5 nitrogen and oxygen atoms in total. The first kappa shape index (κ1) is 22.6. The van der Waals surface area contributed by atoms with Crippen molar-refractivity contribution < 1.29 is 23.1 Å². The van der Waals surface area contributed by atoms with E-state index in [-0.39, 0.29) is 22.8 Å². The number of likely N-dealkylation sites (tertiary alicyclic amines) is 1. The Labute approximate surface area is 175 Å². The maximum absolute atomic E-state index is 14.6. The second kappa shape index (κ2) is 8.59. The Kier molecular flexibility index (Phi) is 6.48. The molecule has 0 bridgehead atoms. The molecule has 1 amide bonds. The molecule has 1 aromatic rings. The van der Waals surface area contributed by atoms with Gasteiger partial charge in [-0.1, -0.05) is 12.6 Å². The van der Waals surface area contributed by atoms with Crippen LogP contribution < -0.4 is 0 Å². The van der Waals surface area contributed by atoms with Crippen LogP contribution in [0.5, 0.6) is 0 Å². The maximum atomic E-state index is 14.6. The number of piperazine rings is 1. The summed E-state index contributed by atoms with van der Waals surface area (Å²) in [7, 11) is 0. The molecule has 2 saturated heterocycles. The molecule has 2 aliphatic rings. The molecule has 166 valence electrons. The van der Waals surface area contributed by atoms with Crippen molar-refractivity contribution in [1.29, 1.82) is 0 Å². The molecule has 3 rings (SSSR count). The number of nitrogens with zero attached hydrogens (tertiary/aromatic N) is 3. The van der Waals surface area contributed by atoms with Crippen LogP contribution in [0.1, 0.15) is 32.3 Å². The second-order valence-corrected chi connectivity index (χ2v) is 9.22. The third-order valence-corrected chi connectivity index (χ3v) is 6.14. The third-order valence-electron chi connectivity index (χ3n) is 6.14. The molecule has 0 radical (unpaired) electrons. The van der Waals surface area contributed by atoms with E-state index in [0.717, 1.165) is 6.07 Å². The predicted octanol–water partition coefficient (Wildman–Crippen LogP) is 3.13. The van der Waals surface area contributed by atoms with Gasteiger partial charge in [0, 0.05) is 50.7 Å². The van der Waals surface area contributed by atoms with Crippen LogP contribution in [0.25, 0.3) is 0 Å². The van der Waals surface area contributed by atoms with Crippen LogP contribution in [0.4, 0.5) is 13.2 Å². The summed E-state index contributed by atoms with van der Waals surface area (Å²) >= 11 is 0. The minimum Gasteiger partial charge on any atom is -0.512 e. The number of halogens is 3. The first-order chi connectivity index (χ1) is 14.0. The summed E-state index contributed by atoms with van der Waals surface area (Å²) < 4.78 is 42.0. The molecule has 1 unspecified atom stereocenters. The summed E-state index contributed by atoms with van der Waals surface area (Å²) in [5.41, 5.74) is -0.197. The van der Waals surface area contributed by atoms with Gasteiger partial charge >= 0.3 is 0 Å². The molecular formula is C22H30F3N3O2. The number of amides is 1. The van der Waals surface area contributed by atoms with Gasteiger partial charge in [-0.05, 0) is 32.4 Å². The second-order valence-electron chi connectivity index (χ2n) is 9.22. The van der Waals surface area contributed by atoms with Crippen LogP contribution in [0, 0.1) is 23.4 Å². The van der Waals surface area contributed by atoms with Crippen molar-refractivity contribution in [1.82, 2.24) is 14.7 Å². The van der Waals surface area contributed by atoms with Gasteiger partial charge in [0.05, 0.1) is 18.2 Å². The molecule has 2 fully saturated rings. The van der Waals surface area contributed by atoms with Gasteiger partial charge in [-0.2, -0.15) is 0 Å². The Bertz CT molecular complexity index is 817. The van der Waals surface area contributed by atoms with E-state index in [1.807, 2.05) is 25.7 Å². The Morgan fingerprint density at radius 1 is 1.10 bits per heavy atom. The Morgan fingerprint density at radius 2 is 1.73 bits per heavy atom. The SMILES string of the molecule is C=C(O)CN1CCN(C(=O)C2CN(C(C)(C)C)C[C@H]2c2ccc(F)c(F)c2F)CC1. The Morgan fingerprint density at radius 3 is 2.30 bits per heavy atom. The van der Waals surface area contributed by atoms with Gasteiger partial charge in [0.25, 0.3) is 0 Å². The molecule has 1 N–H and O–H groups in total. The zero-order valence-electron chi connectivity index (χ0n) is 17.8. The normalized spacial score (nSPS) is 23.7. The minimum absolute atomic E-state index is 0.0502. The van der Waals surface area contributed by atoms with Crippen LogP contribution >= 0.6 is 0 Å². The molecule has 30 heavy (non-hydrogen) atoms. The van der Waals surface area contributed by atoms with E-state index < -0.39 is 29.3 Å². The van der Waals surface area contributed by atoms with Gasteiger partial charge in [0.1, 0.15) is 0 Å². The molecule has 0 aliphatic carbocycles. The van der Waals surface area contributed by atoms with Gasteiger partial charge in [0.15, 0.2) is 17.5 Å². The highest BCUT2D eigenvalue weighted by Crippen LogP contribution is 2.39. The molecule has 1 aromatic carbocycles. The van der Waals surface area contributed by atoms with Crippen molar-refractivity contribution in [2.75, 3.05) is 45.8 Å². The molecule has 0 saturated carbocycles. The van der Waals surface area contributed by atoms with Gasteiger partial charge in [0.2, 0.25) is 5.91 Å². The number of aliphatic hydroxyl groups is 1. The van der Waals surface area contributed by atoms with E-state index >= 15 is 0 Å². The zero-order chi connectivity index (χ0) is 22.2. The van der Waals surface area contributed by atoms with Crippen LogP contribution in [0.3, 0.4) is 0 Å². The number of aliphatic hydroxyl groups excluding tert-OH is 1. The average molecular weight is 425 g/mol. The van der Waals surface area contributed by atoms with Gasteiger partial charge < -0.3 is 10.0 Å². The Balaban J connectivity index is 1.82. The summed E-state index contributed by atoms with van der Waals surface area (Å²) in [6.45, 7) is 12.9. The lowest BCUT2D eigenvalue weighted by Gasteiger charge is -2.36. The van der Waals surface area contributed by atoms with E-state index in [1.54, 1.807) is 4.90 Å². The number of hydrogen-bond donors (Lipinski definition) is 1. The molecule has 8 heteroatoms. The van der Waals surface area contributed by atoms with Crippen LogP contribution in [0.15, 0.2) is 24.5 Å². The largest absolute Gasteiger partial charge is 0.512 e. The van der Waals surface area contributed by atoms with Crippen molar-refractivity contribution in [3.05, 3.63) is 47.5 Å². The van der Waals surface area contributed by atoms with E-state index in [2.05, 4.69) is 11.5 Å². The third kappa shape index (κ3) is 4.64. The maximum Gasteiger partial charge on any atom is 0.227 e. The molecule has 0 spiro atoms. The van der Waals surface area contributed by atoms with Crippen molar-refractivity contribution in [2.24, 2.45) is 5.92 Å². The highest BCUT2D eigenvalue weighted by molar-refractivity contribution is 5.81. The average Bonchev–Trinajstić information content (AvgIpc) is 3.11. The fourth-order valence-electron chi connectivity index (χ4n) is 4.36. The van der Waals surface area contributed by atoms with Crippen molar-refractivity contribution >= 4 is 5.91 Å². The predicted molar refractivity (Wildman–Crippen MR) is 109 cm³/mol. The minimum atomic E-state index is -1.49. The van der Waals surface area contributed by atoms with E-state index in [0.29, 0.717) is 45.8 Å². The smallest absolute Gasteiger partial charge is 0.227 e. The standard InChI is InChI=1S/C22H30F3N3O2/c1-14(29)11-26-7-9-27(10-8-26)21(30)17-13-28(22(2,3)4)12-16(17)15-5-6-18(23)20(25)19(15)24/h5-6,16-17,29H,1,7-13H2,2-4H3/t16-,17?/m0/s1. The molecular weight excluding hydrogens is 395 g/mol. The van der Waals surface area contributed by atoms with E-state index in [9.17, 15) is 23.1 Å². The highest BCUT2D eigenvalue weighted by Gasteiger charge is 2.45. The number of carbonyl (C=O) groups excluding carboxylic acids is 1. The van der Waals surface area contributed by atoms with E-state index in [4.69, 9.17) is 0 Å². The fourth-order valence-corrected chi connectivity index (χ4v) is 4.36. The fraction of sp³-hybridized carbons (Fsp3) is 0.591. The van der Waals surface area contributed by atoms with E-state index in [1.165, 1.54) is 6.07 Å². The van der Waals surface area contributed by atoms with Crippen LogP contribution in [0.2, 0.25) is 0 Å². The summed E-state index contributed by atoms with van der Waals surface area (Å²) in [5.74, 6) is -5.04. The summed E-state index contributed by atoms with van der Waals surface area (Å²) in [4.78, 5) is 19.2. The summed E-state index contributed by atoms with van der Waals surface area (Å²) in [6, 6.07) is 2.19. The zero-order valence-corrected chi connectivity index (χ0v) is 17.8. The summed E-state index contributed by atoms with van der Waals surface area (Å²) in [6.07, 6.45) is 0. The number of rotatable bonds is 4. The molecule has 0 aromatic heterocycles. The number of carbonyl (C=O) groups is 1. The first-order valence-corrected chi connectivity index (χ1v) is 10.3. The molecule has 2 atom stereocenters. The van der Waals surface area contributed by atoms with Gasteiger partial charge in [-0.15, -0.1) is 0 Å². The number of benzene rings is 1. The van der Waals surface area contributed by atoms with Gasteiger partial charge in [-0.3, -0.25) is 14.6 Å². The quantitative estimate of drug-likeness (QED) is 0.595. The monoisotopic (exact) mass is 425 g/mol. The highest BCUT2D eigenvalue weighted by atomic mass is 19.2.